The summed E-state index contributed by atoms with van der Waals surface area (Å²) < 4.78 is 21.4. The van der Waals surface area contributed by atoms with Gasteiger partial charge in [-0.2, -0.15) is 0 Å². The number of nitrogens with zero attached hydrogens (tertiary/aromatic N) is 3. The van der Waals surface area contributed by atoms with Crippen LogP contribution >= 0.6 is 0 Å². The third kappa shape index (κ3) is 13.3. The maximum absolute atomic E-state index is 14.2. The van der Waals surface area contributed by atoms with E-state index in [0.717, 1.165) is 5.56 Å². The van der Waals surface area contributed by atoms with Gasteiger partial charge in [0.05, 0.1) is 60.0 Å². The Morgan fingerprint density at radius 3 is 2.07 bits per heavy atom. The molecule has 7 N–H and O–H groups in total. The van der Waals surface area contributed by atoms with Gasteiger partial charge in [-0.25, -0.2) is 9.23 Å². The molecule has 0 fully saturated rings. The van der Waals surface area contributed by atoms with Crippen LogP contribution in [0.5, 0.6) is 0 Å². The normalized spacial score (nSPS) is 13.3. The molecule has 0 spiro atoms. The summed E-state index contributed by atoms with van der Waals surface area (Å²) in [6.45, 7) is 3.85. The molecule has 0 saturated carbocycles. The van der Waals surface area contributed by atoms with Crippen molar-refractivity contribution >= 4 is 17.6 Å². The van der Waals surface area contributed by atoms with Crippen LogP contribution in [0, 0.1) is 5.82 Å². The number of esters is 1. The number of amides is 1. The molecule has 3 aromatic carbocycles. The number of rotatable bonds is 22. The van der Waals surface area contributed by atoms with E-state index in [1.165, 1.54) is 12.1 Å². The van der Waals surface area contributed by atoms with Crippen molar-refractivity contribution in [3.05, 3.63) is 102 Å². The average Bonchev–Trinajstić information content (AvgIpc) is 3.48. The SMILES string of the molecule is CC(C)c1c(C(=O)Nc2ccccc2)c(-c2ccccc2)c(-c2ccc(F)cc2)n1CCC(O)CC(O)CC(=O)OCCCC(CCON(O)O)ON(O)O. The molecule has 15 nitrogen and oxygen atoms in total. The molecular formula is C39H49FN4O11. The maximum Gasteiger partial charge on any atom is 0.308 e. The Labute approximate surface area is 318 Å². The largest absolute Gasteiger partial charge is 0.466 e. The number of aliphatic hydroxyl groups excluding tert-OH is 2. The smallest absolute Gasteiger partial charge is 0.308 e. The molecule has 0 aliphatic carbocycles. The lowest BCUT2D eigenvalue weighted by molar-refractivity contribution is -0.511. The Morgan fingerprint density at radius 2 is 1.45 bits per heavy atom. The van der Waals surface area contributed by atoms with Crippen molar-refractivity contribution in [2.75, 3.05) is 18.5 Å². The van der Waals surface area contributed by atoms with Crippen molar-refractivity contribution in [1.29, 1.82) is 0 Å². The molecule has 55 heavy (non-hydrogen) atoms. The van der Waals surface area contributed by atoms with Crippen LogP contribution in [0.25, 0.3) is 22.4 Å². The van der Waals surface area contributed by atoms with E-state index in [0.29, 0.717) is 33.8 Å². The lowest BCUT2D eigenvalue weighted by Crippen LogP contribution is -2.27. The molecule has 0 radical (unpaired) electrons. The number of anilines is 1. The van der Waals surface area contributed by atoms with Crippen LogP contribution < -0.4 is 5.32 Å². The number of carbonyl (C=O) groups excluding carboxylic acids is 2. The highest BCUT2D eigenvalue weighted by molar-refractivity contribution is 6.12. The molecule has 0 saturated heterocycles. The summed E-state index contributed by atoms with van der Waals surface area (Å²) in [5.74, 6) is -1.63. The Kier molecular flexibility index (Phi) is 16.9. The topological polar surface area (TPSA) is 207 Å². The van der Waals surface area contributed by atoms with Gasteiger partial charge in [-0.05, 0) is 79.1 Å². The van der Waals surface area contributed by atoms with E-state index >= 15 is 0 Å². The van der Waals surface area contributed by atoms with E-state index in [9.17, 15) is 24.2 Å². The summed E-state index contributed by atoms with van der Waals surface area (Å²) >= 11 is 0. The molecule has 1 heterocycles. The molecule has 1 aromatic heterocycles. The first kappa shape index (κ1) is 43.1. The van der Waals surface area contributed by atoms with Crippen LogP contribution in [-0.2, 0) is 25.8 Å². The fraction of sp³-hybridized carbons (Fsp3) is 0.385. The van der Waals surface area contributed by atoms with Gasteiger partial charge in [0, 0.05) is 29.9 Å². The average molecular weight is 769 g/mol. The van der Waals surface area contributed by atoms with Crippen molar-refractivity contribution in [2.45, 2.75) is 83.1 Å². The van der Waals surface area contributed by atoms with Crippen molar-refractivity contribution in [2.24, 2.45) is 0 Å². The minimum absolute atomic E-state index is 0.0304. The number of halogens is 1. The van der Waals surface area contributed by atoms with E-state index in [4.69, 9.17) is 30.4 Å². The summed E-state index contributed by atoms with van der Waals surface area (Å²) in [7, 11) is 0. The summed E-state index contributed by atoms with van der Waals surface area (Å²) in [4.78, 5) is 35.9. The monoisotopic (exact) mass is 768 g/mol. The van der Waals surface area contributed by atoms with Crippen molar-refractivity contribution < 1.29 is 59.4 Å². The van der Waals surface area contributed by atoms with Gasteiger partial charge < -0.3 is 24.8 Å². The van der Waals surface area contributed by atoms with Crippen LogP contribution in [0.15, 0.2) is 84.9 Å². The van der Waals surface area contributed by atoms with Crippen LogP contribution in [0.1, 0.15) is 74.3 Å². The predicted octanol–water partition coefficient (Wildman–Crippen LogP) is 6.34. The first-order valence-electron chi connectivity index (χ1n) is 17.9. The Hall–Kier alpha value is -4.59. The van der Waals surface area contributed by atoms with E-state index in [2.05, 4.69) is 10.2 Å². The molecule has 16 heteroatoms. The summed E-state index contributed by atoms with van der Waals surface area (Å²) in [6, 6.07) is 24.5. The van der Waals surface area contributed by atoms with E-state index in [1.807, 2.05) is 66.9 Å². The zero-order valence-electron chi connectivity index (χ0n) is 30.7. The van der Waals surface area contributed by atoms with Gasteiger partial charge in [0.1, 0.15) is 5.82 Å². The van der Waals surface area contributed by atoms with Gasteiger partial charge in [0.15, 0.2) is 0 Å². The van der Waals surface area contributed by atoms with Crippen molar-refractivity contribution in [3.63, 3.8) is 0 Å². The lowest BCUT2D eigenvalue weighted by Gasteiger charge is -2.20. The second-order valence-electron chi connectivity index (χ2n) is 13.2. The second-order valence-corrected chi connectivity index (χ2v) is 13.2. The summed E-state index contributed by atoms with van der Waals surface area (Å²) in [6.07, 6.45) is -3.07. The number of aromatic nitrogens is 1. The fourth-order valence-corrected chi connectivity index (χ4v) is 6.40. The quantitative estimate of drug-likeness (QED) is 0.0265. The highest BCUT2D eigenvalue weighted by Gasteiger charge is 2.31. The number of aliphatic hydroxyl groups is 2. The Bertz CT molecular complexity index is 1770. The minimum Gasteiger partial charge on any atom is -0.466 e. The Balaban J connectivity index is 1.49. The number of benzene rings is 3. The number of ether oxygens (including phenoxy) is 1. The highest BCUT2D eigenvalue weighted by Crippen LogP contribution is 2.42. The fourth-order valence-electron chi connectivity index (χ4n) is 6.40. The molecule has 0 bridgehead atoms. The lowest BCUT2D eigenvalue weighted by atomic mass is 9.94. The summed E-state index contributed by atoms with van der Waals surface area (Å²) in [5.41, 5.74) is 4.52. The molecule has 0 aliphatic rings. The van der Waals surface area contributed by atoms with Gasteiger partial charge in [0.25, 0.3) is 5.91 Å². The zero-order chi connectivity index (χ0) is 39.9. The number of hydrogen-bond donors (Lipinski definition) is 7. The minimum atomic E-state index is -1.23. The Morgan fingerprint density at radius 1 is 0.800 bits per heavy atom. The molecule has 3 unspecified atom stereocenters. The predicted molar refractivity (Wildman–Crippen MR) is 196 cm³/mol. The standard InChI is InChI=1S/C39H49FN4O11/c1-26(2)37-36(39(48)41-30-12-7-4-8-13-30)35(27-10-5-3-6-11-27)38(28-15-17-29(40)18-16-28)42(37)21-19-31(45)24-32(46)25-34(47)53-22-9-14-33(55-44(51)52)20-23-54-43(49)50/h3-8,10-13,15-18,26,31-33,45-46,49-52H,9,14,19-25H2,1-2H3,(H,41,48). The molecule has 4 aromatic rings. The van der Waals surface area contributed by atoms with Crippen molar-refractivity contribution in [1.82, 2.24) is 15.3 Å². The van der Waals surface area contributed by atoms with E-state index in [-0.39, 0.29) is 63.7 Å². The van der Waals surface area contributed by atoms with Crippen LogP contribution in [0.3, 0.4) is 0 Å². The van der Waals surface area contributed by atoms with Gasteiger partial charge in [-0.1, -0.05) is 62.4 Å². The van der Waals surface area contributed by atoms with Gasteiger partial charge >= 0.3 is 5.97 Å². The number of nitrogens with one attached hydrogen (secondary N) is 1. The molecule has 298 valence electrons. The highest BCUT2D eigenvalue weighted by atomic mass is 19.1. The molecule has 1 amide bonds. The first-order valence-corrected chi connectivity index (χ1v) is 17.9. The second kappa shape index (κ2) is 21.5. The van der Waals surface area contributed by atoms with Crippen LogP contribution in [0.2, 0.25) is 0 Å². The van der Waals surface area contributed by atoms with Crippen LogP contribution in [-0.4, -0.2) is 89.8 Å². The molecule has 0 aliphatic heterocycles. The van der Waals surface area contributed by atoms with Gasteiger partial charge in [-0.3, -0.25) is 35.3 Å². The number of para-hydroxylation sites is 1. The maximum atomic E-state index is 14.2. The summed E-state index contributed by atoms with van der Waals surface area (Å²) in [5, 5.41) is 59.0. The molecule has 4 rings (SSSR count). The molecule has 3 atom stereocenters. The third-order valence-corrected chi connectivity index (χ3v) is 8.75. The zero-order valence-corrected chi connectivity index (χ0v) is 30.7. The van der Waals surface area contributed by atoms with E-state index < -0.39 is 47.3 Å². The number of hydrogen-bond acceptors (Lipinski definition) is 13. The van der Waals surface area contributed by atoms with E-state index in [1.54, 1.807) is 24.3 Å². The van der Waals surface area contributed by atoms with Crippen LogP contribution in [0.4, 0.5) is 10.1 Å². The van der Waals surface area contributed by atoms with Gasteiger partial charge in [0.2, 0.25) is 0 Å². The first-order chi connectivity index (χ1) is 26.3. The molecular weight excluding hydrogens is 719 g/mol. The number of carbonyl (C=O) groups is 2. The third-order valence-electron chi connectivity index (χ3n) is 8.75. The van der Waals surface area contributed by atoms with Crippen molar-refractivity contribution in [3.8, 4) is 22.4 Å². The van der Waals surface area contributed by atoms with Gasteiger partial charge in [-0.15, -0.1) is 0 Å².